The fourth-order valence-electron chi connectivity index (χ4n) is 5.32. The van der Waals surface area contributed by atoms with Gasteiger partial charge in [-0.3, -0.25) is 19.1 Å². The van der Waals surface area contributed by atoms with Gasteiger partial charge in [0.1, 0.15) is 18.0 Å². The van der Waals surface area contributed by atoms with Gasteiger partial charge >= 0.3 is 5.97 Å². The highest BCUT2D eigenvalue weighted by Crippen LogP contribution is 2.40. The minimum absolute atomic E-state index is 0.0210. The third-order valence-corrected chi connectivity index (χ3v) is 8.08. The molecule has 1 aromatic carbocycles. The van der Waals surface area contributed by atoms with Crippen LogP contribution < -0.4 is 20.1 Å². The number of aromatic nitrogens is 2. The summed E-state index contributed by atoms with van der Waals surface area (Å²) in [4.78, 5) is 37.8. The predicted molar refractivity (Wildman–Crippen MR) is 157 cm³/mol. The molecule has 1 unspecified atom stereocenters. The SMILES string of the molecule is COC(=O)CNC(=O)C[C@H](CCC1CCCCC1)NC(=O)c1cc(-c2c(OC)cccc2OC)n(C(C)C(C)C)n1. The quantitative estimate of drug-likeness (QED) is 0.309. The molecule has 10 heteroatoms. The highest BCUT2D eigenvalue weighted by atomic mass is 16.5. The van der Waals surface area contributed by atoms with Crippen LogP contribution in [0.1, 0.15) is 88.7 Å². The Morgan fingerprint density at radius 3 is 2.27 bits per heavy atom. The third-order valence-electron chi connectivity index (χ3n) is 8.08. The number of rotatable bonds is 14. The van der Waals surface area contributed by atoms with Crippen LogP contribution in [0, 0.1) is 11.8 Å². The van der Waals surface area contributed by atoms with Gasteiger partial charge in [0, 0.05) is 12.5 Å². The molecule has 1 fully saturated rings. The number of benzene rings is 1. The summed E-state index contributed by atoms with van der Waals surface area (Å²) in [5, 5.41) is 10.4. The Labute approximate surface area is 243 Å². The molecule has 0 spiro atoms. The lowest BCUT2D eigenvalue weighted by atomic mass is 9.85. The Hall–Kier alpha value is -3.56. The fourth-order valence-corrected chi connectivity index (χ4v) is 5.32. The summed E-state index contributed by atoms with van der Waals surface area (Å²) in [7, 11) is 4.47. The maximum absolute atomic E-state index is 13.6. The number of ether oxygens (including phenoxy) is 3. The molecule has 1 heterocycles. The van der Waals surface area contributed by atoms with E-state index in [2.05, 4.69) is 36.1 Å². The summed E-state index contributed by atoms with van der Waals surface area (Å²) < 4.78 is 17.8. The molecular formula is C31H46N4O6. The molecule has 41 heavy (non-hydrogen) atoms. The van der Waals surface area contributed by atoms with Crippen LogP contribution in [0.15, 0.2) is 24.3 Å². The molecule has 0 bridgehead atoms. The van der Waals surface area contributed by atoms with Crippen LogP contribution in [0.4, 0.5) is 0 Å². The van der Waals surface area contributed by atoms with E-state index in [1.54, 1.807) is 20.3 Å². The average molecular weight is 571 g/mol. The minimum Gasteiger partial charge on any atom is -0.496 e. The van der Waals surface area contributed by atoms with Crippen molar-refractivity contribution in [3.8, 4) is 22.8 Å². The van der Waals surface area contributed by atoms with Gasteiger partial charge in [0.25, 0.3) is 5.91 Å². The van der Waals surface area contributed by atoms with E-state index in [1.807, 2.05) is 22.9 Å². The van der Waals surface area contributed by atoms with E-state index >= 15 is 0 Å². The van der Waals surface area contributed by atoms with Crippen molar-refractivity contribution >= 4 is 17.8 Å². The van der Waals surface area contributed by atoms with Crippen LogP contribution >= 0.6 is 0 Å². The number of amides is 2. The second-order valence-electron chi connectivity index (χ2n) is 11.2. The molecule has 2 aromatic rings. The first-order valence-corrected chi connectivity index (χ1v) is 14.6. The molecule has 3 rings (SSSR count). The normalized spacial score (nSPS) is 15.2. The maximum Gasteiger partial charge on any atom is 0.325 e. The van der Waals surface area contributed by atoms with E-state index in [-0.39, 0.29) is 42.4 Å². The van der Waals surface area contributed by atoms with E-state index in [1.165, 1.54) is 39.2 Å². The van der Waals surface area contributed by atoms with Crippen molar-refractivity contribution in [2.45, 2.75) is 84.2 Å². The maximum atomic E-state index is 13.6. The molecule has 1 aromatic heterocycles. The van der Waals surface area contributed by atoms with Gasteiger partial charge in [-0.05, 0) is 49.8 Å². The number of methoxy groups -OCH3 is 3. The first-order valence-electron chi connectivity index (χ1n) is 14.6. The van der Waals surface area contributed by atoms with E-state index in [4.69, 9.17) is 14.6 Å². The topological polar surface area (TPSA) is 121 Å². The Morgan fingerprint density at radius 2 is 1.68 bits per heavy atom. The van der Waals surface area contributed by atoms with Crippen LogP contribution in [-0.2, 0) is 14.3 Å². The second-order valence-corrected chi connectivity index (χ2v) is 11.2. The summed E-state index contributed by atoms with van der Waals surface area (Å²) in [6.07, 6.45) is 7.72. The Kier molecular flexibility index (Phi) is 12.0. The Morgan fingerprint density at radius 1 is 1.02 bits per heavy atom. The largest absolute Gasteiger partial charge is 0.496 e. The van der Waals surface area contributed by atoms with Gasteiger partial charge in [0.05, 0.1) is 38.6 Å². The standard InChI is InChI=1S/C31H46N4O6/c1-20(2)21(3)35-25(30-26(39-4)13-10-14-27(30)40-5)18-24(34-35)31(38)33-23(16-15-22-11-8-7-9-12-22)17-28(36)32-19-29(37)41-6/h10,13-14,18,20-23H,7-9,11-12,15-17,19H2,1-6H3,(H,32,36)(H,33,38)/t21?,23-/m0/s1. The number of hydrogen-bond donors (Lipinski definition) is 2. The molecule has 2 atom stereocenters. The number of carbonyl (C=O) groups is 3. The lowest BCUT2D eigenvalue weighted by Crippen LogP contribution is -2.40. The zero-order valence-electron chi connectivity index (χ0n) is 25.3. The van der Waals surface area contributed by atoms with Crippen LogP contribution in [0.3, 0.4) is 0 Å². The highest BCUT2D eigenvalue weighted by molar-refractivity contribution is 5.94. The predicted octanol–water partition coefficient (Wildman–Crippen LogP) is 4.92. The zero-order chi connectivity index (χ0) is 29.9. The zero-order valence-corrected chi connectivity index (χ0v) is 25.3. The first-order chi connectivity index (χ1) is 19.7. The van der Waals surface area contributed by atoms with Crippen molar-refractivity contribution in [1.29, 1.82) is 0 Å². The van der Waals surface area contributed by atoms with E-state index in [9.17, 15) is 14.4 Å². The van der Waals surface area contributed by atoms with Crippen molar-refractivity contribution in [1.82, 2.24) is 20.4 Å². The average Bonchev–Trinajstić information content (AvgIpc) is 3.43. The van der Waals surface area contributed by atoms with Gasteiger partial charge in [-0.2, -0.15) is 5.10 Å². The highest BCUT2D eigenvalue weighted by Gasteiger charge is 2.27. The fraction of sp³-hybridized carbons (Fsp3) is 0.613. The molecule has 0 aliphatic heterocycles. The van der Waals surface area contributed by atoms with Crippen LogP contribution in [0.25, 0.3) is 11.3 Å². The lowest BCUT2D eigenvalue weighted by molar-refractivity contribution is -0.141. The van der Waals surface area contributed by atoms with E-state index in [0.717, 1.165) is 6.42 Å². The van der Waals surface area contributed by atoms with Crippen LogP contribution in [0.2, 0.25) is 0 Å². The number of carbonyl (C=O) groups excluding carboxylic acids is 3. The van der Waals surface area contributed by atoms with Gasteiger partial charge in [-0.25, -0.2) is 0 Å². The molecule has 10 nitrogen and oxygen atoms in total. The van der Waals surface area contributed by atoms with Crippen LogP contribution in [-0.4, -0.2) is 61.5 Å². The number of nitrogens with zero attached hydrogens (tertiary/aromatic N) is 2. The molecule has 1 aliphatic carbocycles. The molecule has 1 aliphatic rings. The van der Waals surface area contributed by atoms with Crippen LogP contribution in [0.5, 0.6) is 11.5 Å². The molecule has 0 saturated heterocycles. The summed E-state index contributed by atoms with van der Waals surface area (Å²) in [6, 6.07) is 6.88. The first kappa shape index (κ1) is 32.0. The molecule has 2 N–H and O–H groups in total. The second kappa shape index (κ2) is 15.4. The summed E-state index contributed by atoms with van der Waals surface area (Å²) in [5.41, 5.74) is 1.67. The molecular weight excluding hydrogens is 524 g/mol. The van der Waals surface area contributed by atoms with Crippen molar-refractivity contribution in [3.05, 3.63) is 30.0 Å². The number of hydrogen-bond acceptors (Lipinski definition) is 7. The Bertz CT molecular complexity index is 1150. The molecule has 1 saturated carbocycles. The van der Waals surface area contributed by atoms with Crippen molar-refractivity contribution in [3.63, 3.8) is 0 Å². The number of nitrogens with one attached hydrogen (secondary N) is 2. The van der Waals surface area contributed by atoms with Crippen molar-refractivity contribution in [2.75, 3.05) is 27.9 Å². The van der Waals surface area contributed by atoms with Crippen molar-refractivity contribution in [2.24, 2.45) is 11.8 Å². The summed E-state index contributed by atoms with van der Waals surface area (Å²) >= 11 is 0. The molecule has 2 amide bonds. The van der Waals surface area contributed by atoms with E-state index in [0.29, 0.717) is 35.1 Å². The van der Waals surface area contributed by atoms with Crippen molar-refractivity contribution < 1.29 is 28.6 Å². The van der Waals surface area contributed by atoms with Gasteiger partial charge in [0.15, 0.2) is 5.69 Å². The van der Waals surface area contributed by atoms with Gasteiger partial charge in [0.2, 0.25) is 5.91 Å². The van der Waals surface area contributed by atoms with Gasteiger partial charge in [-0.1, -0.05) is 52.0 Å². The summed E-state index contributed by atoms with van der Waals surface area (Å²) in [6.45, 7) is 6.05. The monoisotopic (exact) mass is 570 g/mol. The smallest absolute Gasteiger partial charge is 0.325 e. The molecule has 226 valence electrons. The number of esters is 1. The lowest BCUT2D eigenvalue weighted by Gasteiger charge is -2.24. The summed E-state index contributed by atoms with van der Waals surface area (Å²) in [5.74, 6) is 0.864. The third kappa shape index (κ3) is 8.71. The van der Waals surface area contributed by atoms with Gasteiger partial charge < -0.3 is 24.8 Å². The van der Waals surface area contributed by atoms with E-state index < -0.39 is 12.0 Å². The Balaban J connectivity index is 1.88. The van der Waals surface area contributed by atoms with Gasteiger partial charge in [-0.15, -0.1) is 0 Å². The molecule has 0 radical (unpaired) electrons. The minimum atomic E-state index is -0.523.